The molecule has 0 radical (unpaired) electrons. The van der Waals surface area contributed by atoms with Gasteiger partial charge in [-0.3, -0.25) is 0 Å². The van der Waals surface area contributed by atoms with E-state index in [1.165, 1.54) is 16.7 Å². The number of fused-ring (bicyclic) bond motifs is 2. The van der Waals surface area contributed by atoms with Crippen LogP contribution in [0.3, 0.4) is 0 Å². The fourth-order valence-electron chi connectivity index (χ4n) is 3.19. The lowest BCUT2D eigenvalue weighted by atomic mass is 10.0. The molecule has 1 aliphatic heterocycles. The average Bonchev–Trinajstić information content (AvgIpc) is 2.85. The topological polar surface area (TPSA) is 53.6 Å². The van der Waals surface area contributed by atoms with E-state index in [4.69, 9.17) is 5.10 Å². The van der Waals surface area contributed by atoms with Crippen LogP contribution in [0.2, 0.25) is 0 Å². The van der Waals surface area contributed by atoms with Crippen molar-refractivity contribution in [3.63, 3.8) is 0 Å². The zero-order valence-electron chi connectivity index (χ0n) is 14.1. The second kappa shape index (κ2) is 6.05. The zero-order valence-corrected chi connectivity index (χ0v) is 15.7. The average molecular weight is 393 g/mol. The van der Waals surface area contributed by atoms with Gasteiger partial charge in [-0.1, -0.05) is 28.1 Å². The van der Waals surface area contributed by atoms with E-state index in [1.54, 1.807) is 0 Å². The Labute approximate surface area is 155 Å². The number of nitrogens with zero attached hydrogens (tertiary/aromatic N) is 3. The van der Waals surface area contributed by atoms with Crippen molar-refractivity contribution in [1.82, 2.24) is 9.78 Å². The van der Waals surface area contributed by atoms with Crippen LogP contribution in [0.25, 0.3) is 11.3 Å². The first-order valence-electron chi connectivity index (χ1n) is 8.21. The summed E-state index contributed by atoms with van der Waals surface area (Å²) in [5, 5.41) is 18.0. The molecule has 2 heterocycles. The van der Waals surface area contributed by atoms with Crippen molar-refractivity contribution >= 4 is 27.4 Å². The SMILES string of the molecule is Cc1ccc(-c2nn3c(c2C#N)Nc2ccc(Br)cc2CC3)cc1C. The summed E-state index contributed by atoms with van der Waals surface area (Å²) < 4.78 is 2.97. The maximum atomic E-state index is 9.78. The Morgan fingerprint density at radius 2 is 2.00 bits per heavy atom. The van der Waals surface area contributed by atoms with Crippen molar-refractivity contribution < 1.29 is 0 Å². The summed E-state index contributed by atoms with van der Waals surface area (Å²) in [4.78, 5) is 0. The molecule has 0 amide bonds. The van der Waals surface area contributed by atoms with E-state index in [1.807, 2.05) is 22.9 Å². The van der Waals surface area contributed by atoms with Crippen LogP contribution in [0.5, 0.6) is 0 Å². The maximum Gasteiger partial charge on any atom is 0.147 e. The molecule has 0 bridgehead atoms. The third-order valence-corrected chi connectivity index (χ3v) is 5.25. The van der Waals surface area contributed by atoms with Gasteiger partial charge in [0, 0.05) is 22.3 Å². The molecule has 0 unspecified atom stereocenters. The number of rotatable bonds is 1. The van der Waals surface area contributed by atoms with Gasteiger partial charge in [-0.2, -0.15) is 10.4 Å². The van der Waals surface area contributed by atoms with Crippen LogP contribution in [-0.2, 0) is 13.0 Å². The Bertz CT molecular complexity index is 1030. The predicted molar refractivity (Wildman–Crippen MR) is 103 cm³/mol. The molecule has 1 aromatic heterocycles. The van der Waals surface area contributed by atoms with E-state index in [9.17, 15) is 5.26 Å². The Balaban J connectivity index is 1.84. The van der Waals surface area contributed by atoms with E-state index in [-0.39, 0.29) is 0 Å². The number of hydrogen-bond donors (Lipinski definition) is 1. The summed E-state index contributed by atoms with van der Waals surface area (Å²) >= 11 is 3.52. The smallest absolute Gasteiger partial charge is 0.147 e. The third-order valence-electron chi connectivity index (χ3n) is 4.76. The lowest BCUT2D eigenvalue weighted by Crippen LogP contribution is -2.02. The van der Waals surface area contributed by atoms with Gasteiger partial charge in [-0.15, -0.1) is 0 Å². The summed E-state index contributed by atoms with van der Waals surface area (Å²) in [5.41, 5.74) is 7.01. The number of aryl methyl sites for hydroxylation is 4. The van der Waals surface area contributed by atoms with Crippen LogP contribution in [0.4, 0.5) is 11.5 Å². The number of hydrogen-bond acceptors (Lipinski definition) is 3. The molecule has 0 saturated carbocycles. The zero-order chi connectivity index (χ0) is 17.6. The fourth-order valence-corrected chi connectivity index (χ4v) is 3.60. The Morgan fingerprint density at radius 1 is 1.16 bits per heavy atom. The predicted octanol–water partition coefficient (Wildman–Crippen LogP) is 5.10. The van der Waals surface area contributed by atoms with Crippen molar-refractivity contribution in [1.29, 1.82) is 5.26 Å². The summed E-state index contributed by atoms with van der Waals surface area (Å²) in [7, 11) is 0. The number of nitrogens with one attached hydrogen (secondary N) is 1. The van der Waals surface area contributed by atoms with Gasteiger partial charge >= 0.3 is 0 Å². The van der Waals surface area contributed by atoms with Crippen LogP contribution >= 0.6 is 15.9 Å². The summed E-state index contributed by atoms with van der Waals surface area (Å²) in [6.45, 7) is 4.91. The monoisotopic (exact) mass is 392 g/mol. The fraction of sp³-hybridized carbons (Fsp3) is 0.200. The van der Waals surface area contributed by atoms with Gasteiger partial charge in [0.15, 0.2) is 0 Å². The molecule has 124 valence electrons. The minimum atomic E-state index is 0.596. The molecule has 0 fully saturated rings. The molecule has 0 spiro atoms. The van der Waals surface area contributed by atoms with Crippen LogP contribution in [0.1, 0.15) is 22.3 Å². The van der Waals surface area contributed by atoms with Crippen LogP contribution in [0.15, 0.2) is 40.9 Å². The number of anilines is 2. The van der Waals surface area contributed by atoms with Gasteiger partial charge in [-0.25, -0.2) is 4.68 Å². The molecular weight excluding hydrogens is 376 g/mol. The molecule has 0 saturated heterocycles. The van der Waals surface area contributed by atoms with Gasteiger partial charge < -0.3 is 5.32 Å². The Hall–Kier alpha value is -2.58. The van der Waals surface area contributed by atoms with Crippen molar-refractivity contribution in [3.8, 4) is 17.3 Å². The van der Waals surface area contributed by atoms with Gasteiger partial charge in [0.05, 0.1) is 0 Å². The quantitative estimate of drug-likeness (QED) is 0.626. The molecule has 4 rings (SSSR count). The molecule has 5 heteroatoms. The first kappa shape index (κ1) is 15.9. The molecule has 1 N–H and O–H groups in total. The van der Waals surface area contributed by atoms with Gasteiger partial charge in [0.25, 0.3) is 0 Å². The minimum Gasteiger partial charge on any atom is -0.339 e. The lowest BCUT2D eigenvalue weighted by Gasteiger charge is -2.08. The van der Waals surface area contributed by atoms with Crippen molar-refractivity contribution in [2.24, 2.45) is 0 Å². The summed E-state index contributed by atoms with van der Waals surface area (Å²) in [6, 6.07) is 14.7. The number of nitriles is 1. The van der Waals surface area contributed by atoms with Crippen LogP contribution < -0.4 is 5.32 Å². The first-order chi connectivity index (χ1) is 12.1. The highest BCUT2D eigenvalue weighted by molar-refractivity contribution is 9.10. The molecule has 0 atom stereocenters. The summed E-state index contributed by atoms with van der Waals surface area (Å²) in [5.74, 6) is 0.775. The highest BCUT2D eigenvalue weighted by atomic mass is 79.9. The van der Waals surface area contributed by atoms with Crippen molar-refractivity contribution in [2.45, 2.75) is 26.8 Å². The largest absolute Gasteiger partial charge is 0.339 e. The van der Waals surface area contributed by atoms with Gasteiger partial charge in [-0.05, 0) is 61.2 Å². The first-order valence-corrected chi connectivity index (χ1v) is 9.00. The van der Waals surface area contributed by atoms with Crippen LogP contribution in [0, 0.1) is 25.2 Å². The molecule has 1 aliphatic rings. The van der Waals surface area contributed by atoms with Gasteiger partial charge in [0.1, 0.15) is 23.1 Å². The highest BCUT2D eigenvalue weighted by Crippen LogP contribution is 2.35. The molecule has 25 heavy (non-hydrogen) atoms. The minimum absolute atomic E-state index is 0.596. The second-order valence-corrected chi connectivity index (χ2v) is 7.30. The Kier molecular flexibility index (Phi) is 3.85. The molecule has 4 nitrogen and oxygen atoms in total. The number of halogens is 1. The van der Waals surface area contributed by atoms with E-state index in [0.717, 1.165) is 40.2 Å². The molecule has 0 aliphatic carbocycles. The third kappa shape index (κ3) is 2.73. The van der Waals surface area contributed by atoms with Crippen molar-refractivity contribution in [3.05, 3.63) is 63.1 Å². The van der Waals surface area contributed by atoms with E-state index in [2.05, 4.69) is 59.4 Å². The van der Waals surface area contributed by atoms with Crippen molar-refractivity contribution in [2.75, 3.05) is 5.32 Å². The number of aromatic nitrogens is 2. The maximum absolute atomic E-state index is 9.78. The lowest BCUT2D eigenvalue weighted by molar-refractivity contribution is 0.631. The van der Waals surface area contributed by atoms with E-state index < -0.39 is 0 Å². The molecule has 3 aromatic rings. The normalized spacial score (nSPS) is 12.6. The summed E-state index contributed by atoms with van der Waals surface area (Å²) in [6.07, 6.45) is 0.869. The van der Waals surface area contributed by atoms with Gasteiger partial charge in [0.2, 0.25) is 0 Å². The highest BCUT2D eigenvalue weighted by Gasteiger charge is 2.22. The second-order valence-electron chi connectivity index (χ2n) is 6.38. The molecular formula is C20H17BrN4. The van der Waals surface area contributed by atoms with Crippen LogP contribution in [-0.4, -0.2) is 9.78 Å². The van der Waals surface area contributed by atoms with E-state index >= 15 is 0 Å². The standard InChI is InChI=1S/C20H17BrN4/c1-12-3-4-15(9-13(12)2)19-17(11-22)20-23-18-6-5-16(21)10-14(18)7-8-25(20)24-19/h3-6,9-10,23H,7-8H2,1-2H3. The Morgan fingerprint density at radius 3 is 2.76 bits per heavy atom. The molecule has 2 aromatic carbocycles. The van der Waals surface area contributed by atoms with E-state index in [0.29, 0.717) is 5.56 Å². The number of benzene rings is 2.